The van der Waals surface area contributed by atoms with E-state index in [1.165, 1.54) is 0 Å². The monoisotopic (exact) mass is 325 g/mol. The molecule has 0 amide bonds. The Balaban J connectivity index is 5.13. The molecule has 0 aliphatic rings. The van der Waals surface area contributed by atoms with Crippen LogP contribution in [0.2, 0.25) is 0 Å². The van der Waals surface area contributed by atoms with Crippen LogP contribution in [0.1, 0.15) is 33.6 Å². The van der Waals surface area contributed by atoms with Crippen LogP contribution in [0.5, 0.6) is 0 Å². The minimum absolute atomic E-state index is 0.0395. The van der Waals surface area contributed by atoms with Crippen molar-refractivity contribution < 1.29 is 33.0 Å². The summed E-state index contributed by atoms with van der Waals surface area (Å²) in [7, 11) is -3.79. The minimum atomic E-state index is -3.79. The van der Waals surface area contributed by atoms with Crippen LogP contribution in [0, 0.1) is 0 Å². The molecule has 0 spiro atoms. The zero-order valence-electron chi connectivity index (χ0n) is 12.7. The molecule has 9 heteroatoms. The average Bonchev–Trinajstić information content (AvgIpc) is 2.38. The number of carboxylic acid groups (broad SMARTS) is 1. The lowest BCUT2D eigenvalue weighted by molar-refractivity contribution is -0.160. The third-order valence-electron chi connectivity index (χ3n) is 2.57. The molecule has 0 aliphatic heterocycles. The molecule has 0 saturated carbocycles. The van der Waals surface area contributed by atoms with Gasteiger partial charge in [-0.3, -0.25) is 4.57 Å². The van der Waals surface area contributed by atoms with E-state index in [1.807, 2.05) is 6.92 Å². The topological polar surface area (TPSA) is 125 Å². The molecular weight excluding hydrogens is 301 g/mol. The maximum absolute atomic E-state index is 12.4. The van der Waals surface area contributed by atoms with Crippen LogP contribution >= 0.6 is 7.60 Å². The fourth-order valence-electron chi connectivity index (χ4n) is 1.48. The molecule has 8 nitrogen and oxygen atoms in total. The van der Waals surface area contributed by atoms with Crippen LogP contribution < -0.4 is 5.73 Å². The number of hydrogen-bond acceptors (Lipinski definition) is 7. The summed E-state index contributed by atoms with van der Waals surface area (Å²) >= 11 is 0. The SMILES string of the molecule is CCCCOC(=O)C(N)(CP(=O)(OCC)OCC)C(=O)O. The largest absolute Gasteiger partial charge is 0.479 e. The van der Waals surface area contributed by atoms with Gasteiger partial charge in [-0.05, 0) is 20.3 Å². The zero-order valence-corrected chi connectivity index (χ0v) is 13.6. The molecule has 0 aromatic heterocycles. The normalized spacial score (nSPS) is 14.5. The summed E-state index contributed by atoms with van der Waals surface area (Å²) in [4.78, 5) is 23.2. The highest BCUT2D eigenvalue weighted by Crippen LogP contribution is 2.50. The van der Waals surface area contributed by atoms with Crippen molar-refractivity contribution in [3.63, 3.8) is 0 Å². The highest BCUT2D eigenvalue weighted by Gasteiger charge is 2.50. The Kier molecular flexibility index (Phi) is 8.73. The Labute approximate surface area is 124 Å². The van der Waals surface area contributed by atoms with Crippen molar-refractivity contribution in [3.8, 4) is 0 Å². The van der Waals surface area contributed by atoms with Crippen molar-refractivity contribution in [1.82, 2.24) is 0 Å². The number of nitrogens with two attached hydrogens (primary N) is 1. The van der Waals surface area contributed by atoms with Crippen LogP contribution in [-0.4, -0.2) is 48.6 Å². The van der Waals surface area contributed by atoms with Crippen LogP contribution in [0.4, 0.5) is 0 Å². The highest BCUT2D eigenvalue weighted by atomic mass is 31.2. The third kappa shape index (κ3) is 6.13. The summed E-state index contributed by atoms with van der Waals surface area (Å²) in [6.45, 7) is 5.17. The average molecular weight is 325 g/mol. The van der Waals surface area contributed by atoms with Crippen molar-refractivity contribution in [2.75, 3.05) is 26.0 Å². The lowest BCUT2D eigenvalue weighted by Crippen LogP contribution is -2.58. The standard InChI is InChI=1S/C12H24NO7P/c1-4-7-8-18-11(16)12(13,10(14)15)9-21(17,19-5-2)20-6-3/h4-9,13H2,1-3H3,(H,14,15). The summed E-state index contributed by atoms with van der Waals surface area (Å²) in [5.41, 5.74) is 3.14. The number of carboxylic acids is 1. The van der Waals surface area contributed by atoms with Crippen molar-refractivity contribution in [3.05, 3.63) is 0 Å². The molecule has 0 bridgehead atoms. The first-order chi connectivity index (χ1) is 9.75. The van der Waals surface area contributed by atoms with Crippen LogP contribution in [0.3, 0.4) is 0 Å². The van der Waals surface area contributed by atoms with Gasteiger partial charge in [0, 0.05) is 0 Å². The molecule has 0 fully saturated rings. The molecule has 0 aromatic carbocycles. The van der Waals surface area contributed by atoms with E-state index in [9.17, 15) is 19.3 Å². The van der Waals surface area contributed by atoms with E-state index in [-0.39, 0.29) is 19.8 Å². The maximum atomic E-state index is 12.4. The van der Waals surface area contributed by atoms with Crippen LogP contribution in [-0.2, 0) is 27.9 Å². The van der Waals surface area contributed by atoms with Gasteiger partial charge in [-0.2, -0.15) is 0 Å². The van der Waals surface area contributed by atoms with Crippen molar-refractivity contribution in [1.29, 1.82) is 0 Å². The summed E-state index contributed by atoms with van der Waals surface area (Å²) < 4.78 is 27.2. The van der Waals surface area contributed by atoms with Crippen LogP contribution in [0.25, 0.3) is 0 Å². The molecule has 0 rings (SSSR count). The van der Waals surface area contributed by atoms with Gasteiger partial charge in [-0.1, -0.05) is 13.3 Å². The van der Waals surface area contributed by atoms with Gasteiger partial charge in [0.05, 0.1) is 26.0 Å². The smallest absolute Gasteiger partial charge is 0.338 e. The third-order valence-corrected chi connectivity index (χ3v) is 4.76. The van der Waals surface area contributed by atoms with E-state index in [0.717, 1.165) is 6.42 Å². The fourth-order valence-corrected chi connectivity index (χ4v) is 3.40. The molecule has 0 heterocycles. The molecule has 0 saturated heterocycles. The Morgan fingerprint density at radius 1 is 1.19 bits per heavy atom. The number of hydrogen-bond donors (Lipinski definition) is 2. The number of carbonyl (C=O) groups excluding carboxylic acids is 1. The fraction of sp³-hybridized carbons (Fsp3) is 0.833. The Morgan fingerprint density at radius 2 is 1.71 bits per heavy atom. The first-order valence-corrected chi connectivity index (χ1v) is 8.56. The lowest BCUT2D eigenvalue weighted by atomic mass is 10.1. The Hall–Kier alpha value is -0.950. The van der Waals surface area contributed by atoms with Gasteiger partial charge in [-0.15, -0.1) is 0 Å². The molecule has 0 aliphatic carbocycles. The lowest BCUT2D eigenvalue weighted by Gasteiger charge is -2.26. The van der Waals surface area contributed by atoms with Crippen molar-refractivity contribution in [2.45, 2.75) is 39.2 Å². The Morgan fingerprint density at radius 3 is 2.10 bits per heavy atom. The molecule has 3 N–H and O–H groups in total. The molecule has 0 aromatic rings. The summed E-state index contributed by atoms with van der Waals surface area (Å²) in [5.74, 6) is -2.79. The van der Waals surface area contributed by atoms with Gasteiger partial charge < -0.3 is 24.6 Å². The quantitative estimate of drug-likeness (QED) is 0.252. The molecule has 0 radical (unpaired) electrons. The second-order valence-corrected chi connectivity index (χ2v) is 6.42. The minimum Gasteiger partial charge on any atom is -0.479 e. The predicted octanol–water partition coefficient (Wildman–Crippen LogP) is 1.38. The van der Waals surface area contributed by atoms with Crippen molar-refractivity contribution >= 4 is 19.5 Å². The van der Waals surface area contributed by atoms with Crippen LogP contribution in [0.15, 0.2) is 0 Å². The highest BCUT2D eigenvalue weighted by molar-refractivity contribution is 7.54. The first kappa shape index (κ1) is 20.1. The summed E-state index contributed by atoms with van der Waals surface area (Å²) in [5, 5.41) is 9.20. The molecule has 21 heavy (non-hydrogen) atoms. The van der Waals surface area contributed by atoms with E-state index < -0.39 is 31.2 Å². The molecule has 1 unspecified atom stereocenters. The number of ether oxygens (including phenoxy) is 1. The van der Waals surface area contributed by atoms with Gasteiger partial charge in [0.15, 0.2) is 0 Å². The van der Waals surface area contributed by atoms with Gasteiger partial charge in [0.2, 0.25) is 5.54 Å². The van der Waals surface area contributed by atoms with E-state index >= 15 is 0 Å². The van der Waals surface area contributed by atoms with Gasteiger partial charge in [0.25, 0.3) is 0 Å². The maximum Gasteiger partial charge on any atom is 0.338 e. The summed E-state index contributed by atoms with van der Waals surface area (Å²) in [6, 6.07) is 0. The van der Waals surface area contributed by atoms with E-state index in [2.05, 4.69) is 0 Å². The van der Waals surface area contributed by atoms with E-state index in [0.29, 0.717) is 6.42 Å². The van der Waals surface area contributed by atoms with Gasteiger partial charge in [0.1, 0.15) is 0 Å². The second-order valence-electron chi connectivity index (χ2n) is 4.37. The number of carbonyl (C=O) groups is 2. The Bertz CT molecular complexity index is 391. The molecular formula is C12H24NO7P. The van der Waals surface area contributed by atoms with E-state index in [4.69, 9.17) is 19.5 Å². The van der Waals surface area contributed by atoms with Crippen molar-refractivity contribution in [2.24, 2.45) is 5.73 Å². The summed E-state index contributed by atoms with van der Waals surface area (Å²) in [6.07, 6.45) is 0.576. The number of esters is 1. The second kappa shape index (κ2) is 9.15. The molecule has 124 valence electrons. The number of aliphatic carboxylic acids is 1. The zero-order chi connectivity index (χ0) is 16.5. The van der Waals surface area contributed by atoms with E-state index in [1.54, 1.807) is 13.8 Å². The van der Waals surface area contributed by atoms with Gasteiger partial charge >= 0.3 is 19.5 Å². The molecule has 1 atom stereocenters. The number of unbranched alkanes of at least 4 members (excludes halogenated alkanes) is 1. The number of rotatable bonds is 11. The first-order valence-electron chi connectivity index (χ1n) is 6.83. The van der Waals surface area contributed by atoms with Gasteiger partial charge in [-0.25, -0.2) is 9.59 Å². The predicted molar refractivity (Wildman–Crippen MR) is 76.1 cm³/mol.